The molecule has 26 heavy (non-hydrogen) atoms. The van der Waals surface area contributed by atoms with Gasteiger partial charge in [0.25, 0.3) is 0 Å². The molecule has 1 aromatic heterocycles. The molecule has 0 amide bonds. The highest BCUT2D eigenvalue weighted by atomic mass is 35.5. The number of aromatic nitrogens is 1. The van der Waals surface area contributed by atoms with Crippen LogP contribution in [-0.4, -0.2) is 17.3 Å². The maximum absolute atomic E-state index is 13.0. The van der Waals surface area contributed by atoms with Crippen LogP contribution in [0.2, 0.25) is 0 Å². The maximum Gasteiger partial charge on any atom is 0.440 e. The van der Waals surface area contributed by atoms with Gasteiger partial charge < -0.3 is 8.81 Å². The minimum absolute atomic E-state index is 0.268. The molecular weight excluding hydrogens is 393 g/mol. The molecule has 5 nitrogen and oxygen atoms in total. The summed E-state index contributed by atoms with van der Waals surface area (Å²) in [4.78, 5) is 4.61. The van der Waals surface area contributed by atoms with Crippen LogP contribution in [0, 0.1) is 0 Å². The normalized spacial score (nSPS) is 13.7. The second kappa shape index (κ2) is 8.49. The van der Waals surface area contributed by atoms with Gasteiger partial charge in [0.15, 0.2) is 11.5 Å². The van der Waals surface area contributed by atoms with Crippen LogP contribution in [0.5, 0.6) is 11.5 Å². The van der Waals surface area contributed by atoms with Crippen molar-refractivity contribution in [1.29, 1.82) is 0 Å². The van der Waals surface area contributed by atoms with Gasteiger partial charge in [0.2, 0.25) is 0 Å². The molecule has 3 aromatic rings. The molecule has 0 fully saturated rings. The van der Waals surface area contributed by atoms with Crippen LogP contribution >= 0.6 is 30.0 Å². The van der Waals surface area contributed by atoms with Gasteiger partial charge in [-0.25, -0.2) is 9.55 Å². The number of halogens is 1. The fourth-order valence-electron chi connectivity index (χ4n) is 2.53. The summed E-state index contributed by atoms with van der Waals surface area (Å²) in [7, 11) is 0. The number of rotatable bonds is 8. The predicted molar refractivity (Wildman–Crippen MR) is 108 cm³/mol. The summed E-state index contributed by atoms with van der Waals surface area (Å²) in [6, 6.07) is 13.1. The summed E-state index contributed by atoms with van der Waals surface area (Å²) in [6.07, 6.45) is 0.859. The zero-order valence-electron chi connectivity index (χ0n) is 14.5. The van der Waals surface area contributed by atoms with Crippen LogP contribution < -0.4 is 8.81 Å². The second-order valence-electron chi connectivity index (χ2n) is 5.51. The number of pyridine rings is 1. The molecular formula is C18H19ClNO4PS. The maximum atomic E-state index is 13.0. The Morgan fingerprint density at radius 1 is 1.15 bits per heavy atom. The van der Waals surface area contributed by atoms with E-state index in [-0.39, 0.29) is 18.1 Å². The molecule has 1 unspecified atom stereocenters. The Hall–Kier alpha value is -1.46. The van der Waals surface area contributed by atoms with Crippen molar-refractivity contribution < 1.29 is 17.9 Å². The lowest BCUT2D eigenvalue weighted by Gasteiger charge is -2.19. The highest BCUT2D eigenvalue weighted by Gasteiger charge is 2.29. The van der Waals surface area contributed by atoms with Crippen LogP contribution in [0.3, 0.4) is 0 Å². The highest BCUT2D eigenvalue weighted by molar-refractivity contribution is 8.55. The summed E-state index contributed by atoms with van der Waals surface area (Å²) in [5, 5.41) is 1.63. The van der Waals surface area contributed by atoms with Crippen molar-refractivity contribution in [3.8, 4) is 11.5 Å². The average Bonchev–Trinajstić information content (AvgIpc) is 2.65. The minimum Gasteiger partial charge on any atom is -0.413 e. The molecule has 0 saturated heterocycles. The van der Waals surface area contributed by atoms with E-state index < -0.39 is 6.80 Å². The first-order valence-corrected chi connectivity index (χ1v) is 11.7. The van der Waals surface area contributed by atoms with E-state index in [0.717, 1.165) is 17.3 Å². The Morgan fingerprint density at radius 2 is 1.96 bits per heavy atom. The van der Waals surface area contributed by atoms with E-state index in [1.807, 2.05) is 37.3 Å². The molecule has 0 saturated carbocycles. The second-order valence-corrected chi connectivity index (χ2v) is 9.78. The Kier molecular flexibility index (Phi) is 6.30. The molecule has 2 aromatic carbocycles. The van der Waals surface area contributed by atoms with Gasteiger partial charge in [-0.05, 0) is 49.0 Å². The van der Waals surface area contributed by atoms with Gasteiger partial charge in [-0.3, -0.25) is 4.52 Å². The SMILES string of the molecule is CCCSP(=O)(OCC)Oc1ccc2nc3ccccc3cc2c1OCl. The van der Waals surface area contributed by atoms with Gasteiger partial charge in [0, 0.05) is 16.5 Å². The Balaban J connectivity index is 2.07. The van der Waals surface area contributed by atoms with E-state index in [0.29, 0.717) is 16.7 Å². The largest absolute Gasteiger partial charge is 0.440 e. The van der Waals surface area contributed by atoms with Gasteiger partial charge >= 0.3 is 6.80 Å². The molecule has 1 heterocycles. The first kappa shape index (κ1) is 19.3. The van der Waals surface area contributed by atoms with E-state index in [1.54, 1.807) is 19.1 Å². The van der Waals surface area contributed by atoms with Crippen LogP contribution in [0.1, 0.15) is 20.3 Å². The highest BCUT2D eigenvalue weighted by Crippen LogP contribution is 2.61. The van der Waals surface area contributed by atoms with Gasteiger partial charge in [-0.1, -0.05) is 25.1 Å². The van der Waals surface area contributed by atoms with Crippen molar-refractivity contribution in [2.24, 2.45) is 0 Å². The zero-order chi connectivity index (χ0) is 18.6. The predicted octanol–water partition coefficient (Wildman–Crippen LogP) is 6.59. The topological polar surface area (TPSA) is 57.7 Å². The number of nitrogens with zero attached hydrogens (tertiary/aromatic N) is 1. The number of hydrogen-bond acceptors (Lipinski definition) is 6. The van der Waals surface area contributed by atoms with Gasteiger partial charge in [-0.15, -0.1) is 0 Å². The summed E-state index contributed by atoms with van der Waals surface area (Å²) in [5.41, 5.74) is 1.58. The molecule has 0 radical (unpaired) electrons. The molecule has 1 atom stereocenters. The Bertz CT molecular complexity index is 968. The number of hydrogen-bond donors (Lipinski definition) is 0. The third kappa shape index (κ3) is 4.09. The zero-order valence-corrected chi connectivity index (χ0v) is 16.9. The van der Waals surface area contributed by atoms with Crippen LogP contribution in [-0.2, 0) is 9.09 Å². The molecule has 8 heteroatoms. The quantitative estimate of drug-likeness (QED) is 0.308. The lowest BCUT2D eigenvalue weighted by atomic mass is 10.1. The summed E-state index contributed by atoms with van der Waals surface area (Å²) < 4.78 is 29.2. The standard InChI is InChI=1S/C18H19ClNO4PS/c1-3-11-26-25(21,22-4-2)24-17-10-9-16-14(18(17)23-19)12-13-7-5-6-8-15(13)20-16/h5-10,12H,3-4,11H2,1-2H3. The van der Waals surface area contributed by atoms with E-state index in [2.05, 4.69) is 4.98 Å². The third-order valence-electron chi connectivity index (χ3n) is 3.64. The lowest BCUT2D eigenvalue weighted by Crippen LogP contribution is -1.98. The lowest BCUT2D eigenvalue weighted by molar-refractivity contribution is 0.294. The van der Waals surface area contributed by atoms with Gasteiger partial charge in [0.1, 0.15) is 11.9 Å². The van der Waals surface area contributed by atoms with E-state index in [4.69, 9.17) is 25.2 Å². The van der Waals surface area contributed by atoms with E-state index >= 15 is 0 Å². The van der Waals surface area contributed by atoms with Crippen LogP contribution in [0.25, 0.3) is 21.8 Å². The third-order valence-corrected chi connectivity index (χ3v) is 7.73. The Labute approximate surface area is 161 Å². The first-order valence-electron chi connectivity index (χ1n) is 8.30. The Morgan fingerprint density at radius 3 is 2.69 bits per heavy atom. The number of fused-ring (bicyclic) bond motifs is 2. The molecule has 3 rings (SSSR count). The molecule has 0 spiro atoms. The van der Waals surface area contributed by atoms with Gasteiger partial charge in [-0.2, -0.15) is 0 Å². The summed E-state index contributed by atoms with van der Waals surface area (Å²) >= 11 is 6.89. The summed E-state index contributed by atoms with van der Waals surface area (Å²) in [6.45, 7) is 0.695. The number of benzene rings is 2. The first-order chi connectivity index (χ1) is 12.6. The van der Waals surface area contributed by atoms with Crippen molar-refractivity contribution in [2.75, 3.05) is 12.4 Å². The molecule has 0 bridgehead atoms. The fourth-order valence-corrected chi connectivity index (χ4v) is 6.13. The molecule has 0 N–H and O–H groups in total. The fraction of sp³-hybridized carbons (Fsp3) is 0.278. The molecule has 138 valence electrons. The van der Waals surface area contributed by atoms with Gasteiger partial charge in [0.05, 0.1) is 17.6 Å². The monoisotopic (exact) mass is 411 g/mol. The van der Waals surface area contributed by atoms with E-state index in [9.17, 15) is 4.57 Å². The van der Waals surface area contributed by atoms with Crippen LogP contribution in [0.4, 0.5) is 0 Å². The van der Waals surface area contributed by atoms with Crippen molar-refractivity contribution in [1.82, 2.24) is 4.98 Å². The van der Waals surface area contributed by atoms with Crippen molar-refractivity contribution in [3.05, 3.63) is 42.5 Å². The minimum atomic E-state index is -3.37. The van der Waals surface area contributed by atoms with Crippen LogP contribution in [0.15, 0.2) is 42.5 Å². The molecule has 0 aliphatic carbocycles. The van der Waals surface area contributed by atoms with Crippen molar-refractivity contribution >= 4 is 51.9 Å². The van der Waals surface area contributed by atoms with Crippen molar-refractivity contribution in [3.63, 3.8) is 0 Å². The van der Waals surface area contributed by atoms with Crippen molar-refractivity contribution in [2.45, 2.75) is 20.3 Å². The number of para-hydroxylation sites is 1. The smallest absolute Gasteiger partial charge is 0.413 e. The summed E-state index contributed by atoms with van der Waals surface area (Å²) in [5.74, 6) is 1.21. The van der Waals surface area contributed by atoms with E-state index in [1.165, 1.54) is 11.4 Å². The average molecular weight is 412 g/mol. The molecule has 0 aliphatic rings. The molecule has 0 aliphatic heterocycles.